The number of nitrogens with one attached hydrogen (secondary N) is 1. The van der Waals surface area contributed by atoms with Crippen LogP contribution >= 0.6 is 0 Å². The zero-order valence-corrected chi connectivity index (χ0v) is 13.6. The number of rotatable bonds is 4. The molecule has 1 N–H and O–H groups in total. The van der Waals surface area contributed by atoms with Crippen LogP contribution in [-0.2, 0) is 13.1 Å². The Morgan fingerprint density at radius 1 is 1.29 bits per heavy atom. The number of aromatic amines is 1. The Morgan fingerprint density at radius 3 is 2.92 bits per heavy atom. The summed E-state index contributed by atoms with van der Waals surface area (Å²) >= 11 is 0. The second kappa shape index (κ2) is 6.20. The number of H-pyrrole nitrogens is 1. The molecule has 1 fully saturated rings. The molecule has 0 saturated carbocycles. The molecule has 4 rings (SSSR count). The Labute approximate surface area is 138 Å². The molecule has 2 aromatic heterocycles. The highest BCUT2D eigenvalue weighted by atomic mass is 16.6. The summed E-state index contributed by atoms with van der Waals surface area (Å²) in [6, 6.07) is 5.96. The Morgan fingerprint density at radius 2 is 2.12 bits per heavy atom. The van der Waals surface area contributed by atoms with Gasteiger partial charge in [0, 0.05) is 19.0 Å². The van der Waals surface area contributed by atoms with Crippen LogP contribution in [0.25, 0.3) is 11.0 Å². The Bertz CT molecular complexity index is 887. The fraction of sp³-hybridized carbons (Fsp3) is 0.500. The van der Waals surface area contributed by atoms with Crippen molar-refractivity contribution in [2.75, 3.05) is 13.1 Å². The van der Waals surface area contributed by atoms with Gasteiger partial charge in [0.2, 0.25) is 0 Å². The third-order valence-electron chi connectivity index (χ3n) is 4.82. The van der Waals surface area contributed by atoms with Crippen LogP contribution in [0.3, 0.4) is 0 Å². The van der Waals surface area contributed by atoms with Crippen molar-refractivity contribution in [2.45, 2.75) is 38.8 Å². The number of hydrogen-bond acceptors (Lipinski definition) is 6. The molecular weight excluding hydrogens is 308 g/mol. The fourth-order valence-electron chi connectivity index (χ4n) is 3.53. The molecule has 0 bridgehead atoms. The van der Waals surface area contributed by atoms with Gasteiger partial charge in [-0.15, -0.1) is 0 Å². The third-order valence-corrected chi connectivity index (χ3v) is 4.82. The van der Waals surface area contributed by atoms with Gasteiger partial charge in [-0.2, -0.15) is 5.10 Å². The van der Waals surface area contributed by atoms with Crippen LogP contribution in [0.4, 0.5) is 0 Å². The van der Waals surface area contributed by atoms with E-state index in [9.17, 15) is 4.79 Å². The highest BCUT2D eigenvalue weighted by Crippen LogP contribution is 2.27. The summed E-state index contributed by atoms with van der Waals surface area (Å²) in [4.78, 5) is 14.1. The van der Waals surface area contributed by atoms with Crippen molar-refractivity contribution < 1.29 is 4.63 Å². The average molecular weight is 328 g/mol. The molecular formula is C16H20N6O2. The normalized spacial score (nSPS) is 16.9. The molecule has 0 amide bonds. The van der Waals surface area contributed by atoms with Gasteiger partial charge in [0.15, 0.2) is 0 Å². The number of fused-ring (bicyclic) bond motifs is 1. The van der Waals surface area contributed by atoms with Gasteiger partial charge < -0.3 is 0 Å². The molecule has 8 nitrogen and oxygen atoms in total. The fourth-order valence-corrected chi connectivity index (χ4v) is 3.53. The summed E-state index contributed by atoms with van der Waals surface area (Å²) in [7, 11) is 0. The minimum absolute atomic E-state index is 0.111. The van der Waals surface area contributed by atoms with Crippen LogP contribution in [0.1, 0.15) is 37.1 Å². The number of aromatic nitrogens is 5. The molecule has 0 atom stereocenters. The lowest BCUT2D eigenvalue weighted by Crippen LogP contribution is -2.33. The number of benzene rings is 1. The molecule has 8 heteroatoms. The standard InChI is InChI=1S/C16H20N6O2/c1-2-22-15(17-18-16(22)23)11-6-8-21(9-7-11)10-12-4-3-5-13-14(12)20-24-19-13/h3-5,11H,2,6-10H2,1H3,(H,18,23). The topological polar surface area (TPSA) is 92.8 Å². The van der Waals surface area contributed by atoms with Gasteiger partial charge in [0.25, 0.3) is 0 Å². The van der Waals surface area contributed by atoms with E-state index in [0.717, 1.165) is 54.9 Å². The maximum absolute atomic E-state index is 11.7. The van der Waals surface area contributed by atoms with Gasteiger partial charge in [-0.05, 0) is 54.8 Å². The average Bonchev–Trinajstić information content (AvgIpc) is 3.22. The van der Waals surface area contributed by atoms with Crippen molar-refractivity contribution >= 4 is 11.0 Å². The summed E-state index contributed by atoms with van der Waals surface area (Å²) in [6.07, 6.45) is 1.99. The molecule has 0 spiro atoms. The lowest BCUT2D eigenvalue weighted by molar-refractivity contribution is 0.200. The lowest BCUT2D eigenvalue weighted by Gasteiger charge is -2.31. The Balaban J connectivity index is 1.45. The lowest BCUT2D eigenvalue weighted by atomic mass is 9.95. The second-order valence-corrected chi connectivity index (χ2v) is 6.23. The zero-order chi connectivity index (χ0) is 16.5. The summed E-state index contributed by atoms with van der Waals surface area (Å²) in [5.74, 6) is 1.23. The number of piperidine rings is 1. The van der Waals surface area contributed by atoms with Crippen molar-refractivity contribution in [3.05, 3.63) is 40.1 Å². The highest BCUT2D eigenvalue weighted by molar-refractivity contribution is 5.76. The van der Waals surface area contributed by atoms with E-state index < -0.39 is 0 Å². The molecule has 3 heterocycles. The first-order valence-electron chi connectivity index (χ1n) is 8.34. The molecule has 0 unspecified atom stereocenters. The van der Waals surface area contributed by atoms with Crippen LogP contribution in [0, 0.1) is 0 Å². The van der Waals surface area contributed by atoms with Crippen LogP contribution in [0.5, 0.6) is 0 Å². The molecule has 0 radical (unpaired) electrons. The van der Waals surface area contributed by atoms with Gasteiger partial charge in [-0.1, -0.05) is 12.1 Å². The van der Waals surface area contributed by atoms with Crippen molar-refractivity contribution in [3.8, 4) is 0 Å². The van der Waals surface area contributed by atoms with Crippen molar-refractivity contribution in [1.82, 2.24) is 30.0 Å². The molecule has 0 aliphatic carbocycles. The van der Waals surface area contributed by atoms with Crippen molar-refractivity contribution in [1.29, 1.82) is 0 Å². The monoisotopic (exact) mass is 328 g/mol. The van der Waals surface area contributed by atoms with Crippen LogP contribution < -0.4 is 5.69 Å². The zero-order valence-electron chi connectivity index (χ0n) is 13.6. The molecule has 1 aromatic carbocycles. The largest absolute Gasteiger partial charge is 0.343 e. The quantitative estimate of drug-likeness (QED) is 0.780. The van der Waals surface area contributed by atoms with E-state index in [1.807, 2.05) is 19.1 Å². The smallest absolute Gasteiger partial charge is 0.299 e. The molecule has 1 aliphatic rings. The van der Waals surface area contributed by atoms with Crippen molar-refractivity contribution in [2.24, 2.45) is 0 Å². The summed E-state index contributed by atoms with van der Waals surface area (Å²) in [6.45, 7) is 5.40. The highest BCUT2D eigenvalue weighted by Gasteiger charge is 2.25. The van der Waals surface area contributed by atoms with Crippen molar-refractivity contribution in [3.63, 3.8) is 0 Å². The van der Waals surface area contributed by atoms with Gasteiger partial charge >= 0.3 is 5.69 Å². The summed E-state index contributed by atoms with van der Waals surface area (Å²) in [5, 5.41) is 14.7. The number of hydrogen-bond donors (Lipinski definition) is 1. The first-order chi connectivity index (χ1) is 11.8. The predicted molar refractivity (Wildman–Crippen MR) is 87.6 cm³/mol. The Kier molecular flexibility index (Phi) is 3.89. The van der Waals surface area contributed by atoms with Crippen LogP contribution in [-0.4, -0.2) is 43.1 Å². The van der Waals surface area contributed by atoms with Gasteiger partial charge in [0.05, 0.1) is 0 Å². The van der Waals surface area contributed by atoms with E-state index in [-0.39, 0.29) is 5.69 Å². The number of likely N-dealkylation sites (tertiary alicyclic amines) is 1. The SMILES string of the molecule is CCn1c(C2CCN(Cc3cccc4nonc34)CC2)n[nH]c1=O. The first kappa shape index (κ1) is 15.1. The van der Waals surface area contributed by atoms with E-state index >= 15 is 0 Å². The van der Waals surface area contributed by atoms with E-state index in [1.54, 1.807) is 4.57 Å². The van der Waals surface area contributed by atoms with E-state index in [4.69, 9.17) is 4.63 Å². The maximum Gasteiger partial charge on any atom is 0.343 e. The predicted octanol–water partition coefficient (Wildman–Crippen LogP) is 1.51. The first-order valence-corrected chi connectivity index (χ1v) is 8.34. The minimum atomic E-state index is -0.111. The van der Waals surface area contributed by atoms with E-state index in [1.165, 1.54) is 0 Å². The minimum Gasteiger partial charge on any atom is -0.299 e. The molecule has 3 aromatic rings. The molecule has 126 valence electrons. The maximum atomic E-state index is 11.7. The Hall–Kier alpha value is -2.48. The van der Waals surface area contributed by atoms with Gasteiger partial charge in [-0.3, -0.25) is 9.47 Å². The van der Waals surface area contributed by atoms with E-state index in [2.05, 4.69) is 31.5 Å². The summed E-state index contributed by atoms with van der Waals surface area (Å²) < 4.78 is 6.57. The van der Waals surface area contributed by atoms with E-state index in [0.29, 0.717) is 12.5 Å². The third kappa shape index (κ3) is 2.62. The molecule has 1 saturated heterocycles. The number of nitrogens with zero attached hydrogens (tertiary/aromatic N) is 5. The van der Waals surface area contributed by atoms with Gasteiger partial charge in [-0.25, -0.2) is 14.5 Å². The summed E-state index contributed by atoms with van der Waals surface area (Å²) in [5.41, 5.74) is 2.66. The second-order valence-electron chi connectivity index (χ2n) is 6.23. The molecule has 1 aliphatic heterocycles. The molecule has 24 heavy (non-hydrogen) atoms. The van der Waals surface area contributed by atoms with Gasteiger partial charge in [0.1, 0.15) is 16.9 Å². The van der Waals surface area contributed by atoms with Crippen LogP contribution in [0.2, 0.25) is 0 Å². The van der Waals surface area contributed by atoms with Crippen LogP contribution in [0.15, 0.2) is 27.6 Å².